The van der Waals surface area contributed by atoms with Crippen molar-refractivity contribution in [2.24, 2.45) is 16.8 Å². The van der Waals surface area contributed by atoms with E-state index in [1.54, 1.807) is 0 Å². The lowest BCUT2D eigenvalue weighted by Gasteiger charge is -2.36. The molecule has 1 heterocycles. The van der Waals surface area contributed by atoms with Crippen molar-refractivity contribution in [1.82, 2.24) is 5.32 Å². The molecule has 2 unspecified atom stereocenters. The van der Waals surface area contributed by atoms with Gasteiger partial charge in [0.15, 0.2) is 5.17 Å². The molecule has 114 valence electrons. The molecule has 3 fully saturated rings. The van der Waals surface area contributed by atoms with E-state index in [9.17, 15) is 0 Å². The average molecular weight is 295 g/mol. The van der Waals surface area contributed by atoms with Crippen LogP contribution in [0.25, 0.3) is 0 Å². The molecular formula is C17H30N2S. The van der Waals surface area contributed by atoms with Gasteiger partial charge in [-0.2, -0.15) is 0 Å². The summed E-state index contributed by atoms with van der Waals surface area (Å²) in [6.45, 7) is 4.74. The largest absolute Gasteiger partial charge is 0.359 e. The molecule has 1 saturated heterocycles. The van der Waals surface area contributed by atoms with Crippen molar-refractivity contribution in [3.8, 4) is 0 Å². The van der Waals surface area contributed by atoms with Crippen molar-refractivity contribution in [2.75, 3.05) is 5.75 Å². The first-order valence-corrected chi connectivity index (χ1v) is 9.68. The summed E-state index contributed by atoms with van der Waals surface area (Å²) in [5.41, 5.74) is 0.395. The van der Waals surface area contributed by atoms with E-state index < -0.39 is 0 Å². The normalized spacial score (nSPS) is 43.9. The standard InChI is InChI=1S/C17H30N2S/c1-3-14-6-4-5-7-15(14)18-16-19-17(12-20-16)10-8-13(2)9-11-17/h13-15H,3-12H2,1-2H3,(H,18,19). The van der Waals surface area contributed by atoms with Crippen LogP contribution in [-0.2, 0) is 0 Å². The molecule has 2 nitrogen and oxygen atoms in total. The topological polar surface area (TPSA) is 24.4 Å². The maximum Gasteiger partial charge on any atom is 0.157 e. The Hall–Kier alpha value is -0.180. The zero-order chi connectivity index (χ0) is 14.0. The monoisotopic (exact) mass is 294 g/mol. The highest BCUT2D eigenvalue weighted by molar-refractivity contribution is 8.14. The second-order valence-corrected chi connectivity index (χ2v) is 8.29. The molecule has 3 rings (SSSR count). The van der Waals surface area contributed by atoms with Crippen molar-refractivity contribution in [2.45, 2.75) is 83.2 Å². The Morgan fingerprint density at radius 1 is 1.20 bits per heavy atom. The summed E-state index contributed by atoms with van der Waals surface area (Å²) >= 11 is 1.99. The fourth-order valence-electron chi connectivity index (χ4n) is 4.14. The summed E-state index contributed by atoms with van der Waals surface area (Å²) in [6.07, 6.45) is 12.3. The molecule has 2 saturated carbocycles. The van der Waals surface area contributed by atoms with Crippen LogP contribution in [0.5, 0.6) is 0 Å². The van der Waals surface area contributed by atoms with E-state index in [-0.39, 0.29) is 0 Å². The number of rotatable bonds is 2. The van der Waals surface area contributed by atoms with Crippen molar-refractivity contribution < 1.29 is 0 Å². The van der Waals surface area contributed by atoms with Crippen LogP contribution in [0.4, 0.5) is 0 Å². The third kappa shape index (κ3) is 3.18. The van der Waals surface area contributed by atoms with Gasteiger partial charge in [0, 0.05) is 11.3 Å². The predicted molar refractivity (Wildman–Crippen MR) is 89.4 cm³/mol. The molecule has 0 aromatic rings. The summed E-state index contributed by atoms with van der Waals surface area (Å²) in [6, 6.07) is 0.599. The van der Waals surface area contributed by atoms with Gasteiger partial charge in [-0.3, -0.25) is 4.99 Å². The Labute approximate surface area is 128 Å². The van der Waals surface area contributed by atoms with Gasteiger partial charge >= 0.3 is 0 Å². The molecule has 3 aliphatic rings. The van der Waals surface area contributed by atoms with E-state index in [2.05, 4.69) is 19.2 Å². The Morgan fingerprint density at radius 2 is 1.95 bits per heavy atom. The molecule has 1 N–H and O–H groups in total. The minimum Gasteiger partial charge on any atom is -0.359 e. The molecule has 3 heteroatoms. The quantitative estimate of drug-likeness (QED) is 0.805. The molecule has 0 radical (unpaired) electrons. The van der Waals surface area contributed by atoms with Crippen LogP contribution in [0.2, 0.25) is 0 Å². The third-order valence-electron chi connectivity index (χ3n) is 5.77. The van der Waals surface area contributed by atoms with Crippen LogP contribution < -0.4 is 5.32 Å². The van der Waals surface area contributed by atoms with Gasteiger partial charge in [0.2, 0.25) is 0 Å². The van der Waals surface area contributed by atoms with E-state index in [1.807, 2.05) is 11.8 Å². The van der Waals surface area contributed by atoms with Gasteiger partial charge < -0.3 is 5.32 Å². The first-order chi connectivity index (χ1) is 9.71. The molecule has 0 aromatic carbocycles. The molecule has 0 aromatic heterocycles. The number of hydrogen-bond donors (Lipinski definition) is 1. The van der Waals surface area contributed by atoms with Crippen LogP contribution in [0.1, 0.15) is 71.6 Å². The van der Waals surface area contributed by atoms with Crippen molar-refractivity contribution in [3.05, 3.63) is 0 Å². The molecule has 2 atom stereocenters. The van der Waals surface area contributed by atoms with Gasteiger partial charge in [-0.15, -0.1) is 0 Å². The average Bonchev–Trinajstić information content (AvgIpc) is 2.86. The highest BCUT2D eigenvalue weighted by Crippen LogP contribution is 2.39. The maximum atomic E-state index is 5.12. The lowest BCUT2D eigenvalue weighted by atomic mass is 9.78. The van der Waals surface area contributed by atoms with Crippen LogP contribution in [0.3, 0.4) is 0 Å². The van der Waals surface area contributed by atoms with Crippen molar-refractivity contribution in [3.63, 3.8) is 0 Å². The number of amidine groups is 1. The molecular weight excluding hydrogens is 264 g/mol. The van der Waals surface area contributed by atoms with Crippen LogP contribution >= 0.6 is 11.8 Å². The number of thioether (sulfide) groups is 1. The zero-order valence-electron chi connectivity index (χ0n) is 13.2. The van der Waals surface area contributed by atoms with E-state index in [4.69, 9.17) is 4.99 Å². The number of aliphatic imine (C=N–C) groups is 1. The van der Waals surface area contributed by atoms with Gasteiger partial charge in [-0.25, -0.2) is 0 Å². The molecule has 0 bridgehead atoms. The fraction of sp³-hybridized carbons (Fsp3) is 0.941. The first-order valence-electron chi connectivity index (χ1n) is 8.69. The minimum absolute atomic E-state index is 0.395. The number of nitrogens with one attached hydrogen (secondary N) is 1. The van der Waals surface area contributed by atoms with E-state index in [0.717, 1.165) is 11.8 Å². The maximum absolute atomic E-state index is 5.12. The highest BCUT2D eigenvalue weighted by atomic mass is 32.2. The lowest BCUT2D eigenvalue weighted by Crippen LogP contribution is -2.46. The van der Waals surface area contributed by atoms with E-state index in [0.29, 0.717) is 11.6 Å². The minimum atomic E-state index is 0.395. The Kier molecular flexibility index (Phi) is 4.64. The Bertz CT molecular complexity index is 358. The zero-order valence-corrected chi connectivity index (χ0v) is 14.0. The van der Waals surface area contributed by atoms with Gasteiger partial charge in [0.25, 0.3) is 0 Å². The van der Waals surface area contributed by atoms with Gasteiger partial charge in [-0.05, 0) is 50.4 Å². The molecule has 20 heavy (non-hydrogen) atoms. The molecule has 0 amide bonds. The second kappa shape index (κ2) is 6.29. The third-order valence-corrected chi connectivity index (χ3v) is 6.94. The second-order valence-electron chi connectivity index (χ2n) is 7.33. The number of hydrogen-bond acceptors (Lipinski definition) is 2. The summed E-state index contributed by atoms with van der Waals surface area (Å²) in [4.78, 5) is 5.12. The Balaban J connectivity index is 1.62. The summed E-state index contributed by atoms with van der Waals surface area (Å²) in [5, 5.41) is 5.10. The van der Waals surface area contributed by atoms with Gasteiger partial charge in [-0.1, -0.05) is 44.9 Å². The van der Waals surface area contributed by atoms with Crippen molar-refractivity contribution >= 4 is 16.9 Å². The van der Waals surface area contributed by atoms with Gasteiger partial charge in [0.1, 0.15) is 0 Å². The molecule has 1 spiro atoms. The van der Waals surface area contributed by atoms with E-state index >= 15 is 0 Å². The predicted octanol–water partition coefficient (Wildman–Crippen LogP) is 4.60. The molecule has 2 aliphatic carbocycles. The Morgan fingerprint density at radius 3 is 2.70 bits per heavy atom. The molecule has 1 aliphatic heterocycles. The summed E-state index contributed by atoms with van der Waals surface area (Å²) in [5.74, 6) is 3.01. The fourth-order valence-corrected chi connectivity index (χ4v) is 5.42. The van der Waals surface area contributed by atoms with E-state index in [1.165, 1.54) is 68.7 Å². The first kappa shape index (κ1) is 14.7. The SMILES string of the molecule is CCC1CCCCC1N=C1NC2(CCC(C)CC2)CS1. The van der Waals surface area contributed by atoms with Gasteiger partial charge in [0.05, 0.1) is 6.04 Å². The highest BCUT2D eigenvalue weighted by Gasteiger charge is 2.40. The number of nitrogens with zero attached hydrogens (tertiary/aromatic N) is 1. The smallest absolute Gasteiger partial charge is 0.157 e. The van der Waals surface area contributed by atoms with Crippen molar-refractivity contribution in [1.29, 1.82) is 0 Å². The van der Waals surface area contributed by atoms with Crippen LogP contribution in [0, 0.1) is 11.8 Å². The lowest BCUT2D eigenvalue weighted by molar-refractivity contribution is 0.249. The van der Waals surface area contributed by atoms with Crippen LogP contribution in [-0.4, -0.2) is 22.5 Å². The summed E-state index contributed by atoms with van der Waals surface area (Å²) < 4.78 is 0. The summed E-state index contributed by atoms with van der Waals surface area (Å²) in [7, 11) is 0. The van der Waals surface area contributed by atoms with Crippen LogP contribution in [0.15, 0.2) is 4.99 Å².